The highest BCUT2D eigenvalue weighted by molar-refractivity contribution is 5.43. The number of benzene rings is 1. The molecule has 0 saturated heterocycles. The van der Waals surface area contributed by atoms with E-state index in [1.54, 1.807) is 7.11 Å². The molecule has 0 atom stereocenters. The van der Waals surface area contributed by atoms with Crippen molar-refractivity contribution in [1.82, 2.24) is 0 Å². The van der Waals surface area contributed by atoms with Crippen molar-refractivity contribution in [1.29, 1.82) is 0 Å². The van der Waals surface area contributed by atoms with Gasteiger partial charge in [-0.15, -0.1) is 0 Å². The summed E-state index contributed by atoms with van der Waals surface area (Å²) in [6, 6.07) is 6.14. The zero-order valence-corrected chi connectivity index (χ0v) is 12.0. The first-order chi connectivity index (χ1) is 8.71. The average molecular weight is 248 g/mol. The van der Waals surface area contributed by atoms with Crippen molar-refractivity contribution in [2.45, 2.75) is 46.5 Å². The van der Waals surface area contributed by atoms with Gasteiger partial charge in [-0.1, -0.05) is 32.8 Å². The Hall–Kier alpha value is -1.44. The van der Waals surface area contributed by atoms with Crippen LogP contribution < -0.4 is 9.47 Å². The molecule has 2 nitrogen and oxygen atoms in total. The first-order valence-electron chi connectivity index (χ1n) is 6.70. The molecule has 0 unspecified atom stereocenters. The fourth-order valence-corrected chi connectivity index (χ4v) is 1.87. The van der Waals surface area contributed by atoms with Gasteiger partial charge in [0.05, 0.1) is 13.4 Å². The number of methoxy groups -OCH3 is 1. The van der Waals surface area contributed by atoms with Crippen LogP contribution in [0.3, 0.4) is 0 Å². The molecule has 0 bridgehead atoms. The summed E-state index contributed by atoms with van der Waals surface area (Å²) in [5, 5.41) is 0. The van der Waals surface area contributed by atoms with E-state index in [-0.39, 0.29) is 0 Å². The van der Waals surface area contributed by atoms with Gasteiger partial charge in [0, 0.05) is 0 Å². The highest BCUT2D eigenvalue weighted by Gasteiger charge is 2.04. The lowest BCUT2D eigenvalue weighted by Gasteiger charge is -2.10. The molecule has 1 aromatic carbocycles. The van der Waals surface area contributed by atoms with Crippen molar-refractivity contribution in [3.05, 3.63) is 35.6 Å². The Morgan fingerprint density at radius 3 is 2.56 bits per heavy atom. The molecule has 0 fully saturated rings. The molecule has 0 aliphatic heterocycles. The van der Waals surface area contributed by atoms with Crippen molar-refractivity contribution in [2.75, 3.05) is 7.11 Å². The van der Waals surface area contributed by atoms with Crippen LogP contribution in [0.15, 0.2) is 30.0 Å². The van der Waals surface area contributed by atoms with E-state index < -0.39 is 0 Å². The highest BCUT2D eigenvalue weighted by Crippen LogP contribution is 2.29. The lowest BCUT2D eigenvalue weighted by Crippen LogP contribution is -1.93. The van der Waals surface area contributed by atoms with Crippen molar-refractivity contribution < 1.29 is 9.47 Å². The van der Waals surface area contributed by atoms with Gasteiger partial charge in [-0.3, -0.25) is 0 Å². The van der Waals surface area contributed by atoms with Gasteiger partial charge < -0.3 is 9.47 Å². The van der Waals surface area contributed by atoms with Crippen LogP contribution in [-0.2, 0) is 6.42 Å². The SMILES string of the molecule is CCCC(C)=COc1ccc(CCC)cc1OC. The van der Waals surface area contributed by atoms with Crippen LogP contribution in [-0.4, -0.2) is 7.11 Å². The van der Waals surface area contributed by atoms with Crippen LogP contribution in [0.4, 0.5) is 0 Å². The van der Waals surface area contributed by atoms with Crippen LogP contribution in [0.25, 0.3) is 0 Å². The van der Waals surface area contributed by atoms with Gasteiger partial charge in [-0.25, -0.2) is 0 Å². The van der Waals surface area contributed by atoms with E-state index in [0.29, 0.717) is 0 Å². The minimum Gasteiger partial charge on any atom is -0.493 e. The number of ether oxygens (including phenoxy) is 2. The third-order valence-corrected chi connectivity index (χ3v) is 2.80. The average Bonchev–Trinajstić information content (AvgIpc) is 2.37. The Balaban J connectivity index is 2.79. The molecular formula is C16H24O2. The summed E-state index contributed by atoms with van der Waals surface area (Å²) in [5.74, 6) is 1.59. The topological polar surface area (TPSA) is 18.5 Å². The van der Waals surface area contributed by atoms with E-state index in [4.69, 9.17) is 9.47 Å². The number of hydrogen-bond donors (Lipinski definition) is 0. The quantitative estimate of drug-likeness (QED) is 0.649. The molecule has 18 heavy (non-hydrogen) atoms. The van der Waals surface area contributed by atoms with Crippen molar-refractivity contribution in [2.24, 2.45) is 0 Å². The van der Waals surface area contributed by atoms with Gasteiger partial charge in [0.2, 0.25) is 0 Å². The van der Waals surface area contributed by atoms with Crippen molar-refractivity contribution in [3.8, 4) is 11.5 Å². The Bertz CT molecular complexity index is 394. The molecule has 0 aromatic heterocycles. The van der Waals surface area contributed by atoms with Crippen LogP contribution in [0.5, 0.6) is 11.5 Å². The van der Waals surface area contributed by atoms with E-state index in [1.807, 2.05) is 12.3 Å². The van der Waals surface area contributed by atoms with Gasteiger partial charge >= 0.3 is 0 Å². The Morgan fingerprint density at radius 1 is 1.17 bits per heavy atom. The largest absolute Gasteiger partial charge is 0.493 e. The van der Waals surface area contributed by atoms with Crippen LogP contribution >= 0.6 is 0 Å². The fourth-order valence-electron chi connectivity index (χ4n) is 1.87. The monoisotopic (exact) mass is 248 g/mol. The Labute approximate surface area is 111 Å². The second-order valence-electron chi connectivity index (χ2n) is 4.57. The minimum absolute atomic E-state index is 0.785. The van der Waals surface area contributed by atoms with Crippen molar-refractivity contribution >= 4 is 0 Å². The summed E-state index contributed by atoms with van der Waals surface area (Å²) < 4.78 is 11.1. The first kappa shape index (κ1) is 14.6. The zero-order chi connectivity index (χ0) is 13.4. The van der Waals surface area contributed by atoms with Crippen LogP contribution in [0.2, 0.25) is 0 Å². The normalized spacial score (nSPS) is 11.4. The van der Waals surface area contributed by atoms with Gasteiger partial charge in [0.25, 0.3) is 0 Å². The van der Waals surface area contributed by atoms with E-state index in [9.17, 15) is 0 Å². The lowest BCUT2D eigenvalue weighted by molar-refractivity contribution is 0.376. The summed E-state index contributed by atoms with van der Waals surface area (Å²) in [4.78, 5) is 0. The first-order valence-corrected chi connectivity index (χ1v) is 6.70. The maximum atomic E-state index is 5.69. The third kappa shape index (κ3) is 4.44. The molecule has 0 aliphatic carbocycles. The predicted octanol–water partition coefficient (Wildman–Crippen LogP) is 4.73. The molecule has 0 spiro atoms. The Morgan fingerprint density at radius 2 is 1.94 bits per heavy atom. The molecule has 0 N–H and O–H groups in total. The summed E-state index contributed by atoms with van der Waals surface area (Å²) >= 11 is 0. The summed E-state index contributed by atoms with van der Waals surface area (Å²) in [5.41, 5.74) is 2.54. The molecule has 2 heteroatoms. The number of rotatable bonds is 7. The summed E-state index contributed by atoms with van der Waals surface area (Å²) in [7, 11) is 1.68. The molecule has 1 rings (SSSR count). The lowest BCUT2D eigenvalue weighted by atomic mass is 10.1. The summed E-state index contributed by atoms with van der Waals surface area (Å²) in [6.45, 7) is 6.42. The molecule has 0 amide bonds. The Kier molecular flexibility index (Phi) is 6.34. The molecular weight excluding hydrogens is 224 g/mol. The maximum absolute atomic E-state index is 5.69. The number of hydrogen-bond acceptors (Lipinski definition) is 2. The zero-order valence-electron chi connectivity index (χ0n) is 12.0. The molecule has 0 aliphatic rings. The van der Waals surface area contributed by atoms with Crippen molar-refractivity contribution in [3.63, 3.8) is 0 Å². The van der Waals surface area contributed by atoms with Gasteiger partial charge in [0.15, 0.2) is 11.5 Å². The van der Waals surface area contributed by atoms with Gasteiger partial charge in [-0.05, 0) is 43.0 Å². The van der Waals surface area contributed by atoms with Gasteiger partial charge in [-0.2, -0.15) is 0 Å². The maximum Gasteiger partial charge on any atom is 0.168 e. The number of aryl methyl sites for hydroxylation is 1. The minimum atomic E-state index is 0.785. The predicted molar refractivity (Wildman–Crippen MR) is 76.3 cm³/mol. The standard InChI is InChI=1S/C16H24O2/c1-5-7-13(3)12-18-15-10-9-14(8-6-2)11-16(15)17-4/h9-12H,5-8H2,1-4H3. The van der Waals surface area contributed by atoms with Crippen LogP contribution in [0, 0.1) is 0 Å². The smallest absolute Gasteiger partial charge is 0.168 e. The highest BCUT2D eigenvalue weighted by atomic mass is 16.5. The molecule has 0 heterocycles. The van der Waals surface area contributed by atoms with E-state index in [0.717, 1.165) is 37.2 Å². The second kappa shape index (κ2) is 7.80. The second-order valence-corrected chi connectivity index (χ2v) is 4.57. The number of allylic oxidation sites excluding steroid dienone is 1. The molecule has 1 aromatic rings. The molecule has 100 valence electrons. The van der Waals surface area contributed by atoms with Crippen LogP contribution in [0.1, 0.15) is 45.6 Å². The summed E-state index contributed by atoms with van der Waals surface area (Å²) in [6.07, 6.45) is 6.23. The van der Waals surface area contributed by atoms with E-state index in [1.165, 1.54) is 11.1 Å². The fraction of sp³-hybridized carbons (Fsp3) is 0.500. The van der Waals surface area contributed by atoms with Gasteiger partial charge in [0.1, 0.15) is 0 Å². The molecule has 0 saturated carbocycles. The molecule has 0 radical (unpaired) electrons. The third-order valence-electron chi connectivity index (χ3n) is 2.80. The van der Waals surface area contributed by atoms with E-state index >= 15 is 0 Å². The van der Waals surface area contributed by atoms with E-state index in [2.05, 4.69) is 32.9 Å².